The summed E-state index contributed by atoms with van der Waals surface area (Å²) in [6.07, 6.45) is 3.80. The highest BCUT2D eigenvalue weighted by molar-refractivity contribution is 7.13. The van der Waals surface area contributed by atoms with E-state index in [1.54, 1.807) is 12.1 Å². The largest absolute Gasteiger partial charge is 0.392 e. The summed E-state index contributed by atoms with van der Waals surface area (Å²) in [6.45, 7) is 0.604. The fourth-order valence-corrected chi connectivity index (χ4v) is 3.68. The van der Waals surface area contributed by atoms with Crippen LogP contribution in [-0.2, 0) is 6.54 Å². The van der Waals surface area contributed by atoms with Gasteiger partial charge in [0.25, 0.3) is 5.69 Å². The van der Waals surface area contributed by atoms with Gasteiger partial charge in [-0.25, -0.2) is 4.98 Å². The van der Waals surface area contributed by atoms with E-state index in [1.807, 2.05) is 11.4 Å². The van der Waals surface area contributed by atoms with Gasteiger partial charge >= 0.3 is 0 Å². The van der Waals surface area contributed by atoms with Crippen LogP contribution in [0.25, 0.3) is 10.6 Å². The van der Waals surface area contributed by atoms with E-state index >= 15 is 0 Å². The van der Waals surface area contributed by atoms with Gasteiger partial charge in [0, 0.05) is 35.7 Å². The van der Waals surface area contributed by atoms with Gasteiger partial charge in [0.1, 0.15) is 5.01 Å². The Bertz CT molecular complexity index is 689. The number of non-ortho nitro benzene ring substituents is 1. The summed E-state index contributed by atoms with van der Waals surface area (Å²) in [4.78, 5) is 15.0. The Labute approximate surface area is 138 Å². The quantitative estimate of drug-likeness (QED) is 0.648. The molecule has 0 radical (unpaired) electrons. The molecule has 0 amide bonds. The second kappa shape index (κ2) is 7.16. The number of nitro groups is 1. The minimum atomic E-state index is -0.399. The Morgan fingerprint density at radius 2 is 2.22 bits per heavy atom. The third-order valence-electron chi connectivity index (χ3n) is 4.13. The second-order valence-electron chi connectivity index (χ2n) is 5.79. The lowest BCUT2D eigenvalue weighted by atomic mass is 9.92. The zero-order chi connectivity index (χ0) is 16.2. The zero-order valence-electron chi connectivity index (χ0n) is 12.6. The van der Waals surface area contributed by atoms with E-state index in [-0.39, 0.29) is 17.8 Å². The van der Waals surface area contributed by atoms with Crippen LogP contribution >= 0.6 is 11.3 Å². The molecule has 3 rings (SSSR count). The van der Waals surface area contributed by atoms with E-state index in [0.29, 0.717) is 6.54 Å². The summed E-state index contributed by atoms with van der Waals surface area (Å²) < 4.78 is 0. The van der Waals surface area contributed by atoms with Gasteiger partial charge in [0.2, 0.25) is 0 Å². The molecule has 1 aromatic carbocycles. The summed E-state index contributed by atoms with van der Waals surface area (Å²) in [6, 6.07) is 6.65. The monoisotopic (exact) mass is 333 g/mol. The lowest BCUT2D eigenvalue weighted by Crippen LogP contribution is -2.41. The van der Waals surface area contributed by atoms with Gasteiger partial charge in [-0.2, -0.15) is 0 Å². The number of nitrogens with one attached hydrogen (secondary N) is 1. The number of aliphatic hydroxyl groups excluding tert-OH is 1. The Balaban J connectivity index is 1.66. The van der Waals surface area contributed by atoms with Crippen LogP contribution in [0.3, 0.4) is 0 Å². The standard InChI is InChI=1S/C16H19N3O3S/c20-15-7-2-1-6-14(15)17-9-12-10-23-16(18-12)11-4-3-5-13(8-11)19(21)22/h3-5,8,10,14-15,17,20H,1-2,6-7,9H2. The van der Waals surface area contributed by atoms with E-state index in [9.17, 15) is 15.2 Å². The Morgan fingerprint density at radius 1 is 1.39 bits per heavy atom. The minimum absolute atomic E-state index is 0.0719. The van der Waals surface area contributed by atoms with Crippen molar-refractivity contribution in [1.82, 2.24) is 10.3 Å². The number of thiazole rings is 1. The first-order chi connectivity index (χ1) is 11.1. The van der Waals surface area contributed by atoms with Gasteiger partial charge in [-0.15, -0.1) is 11.3 Å². The lowest BCUT2D eigenvalue weighted by molar-refractivity contribution is -0.384. The van der Waals surface area contributed by atoms with Gasteiger partial charge in [-0.05, 0) is 12.8 Å². The van der Waals surface area contributed by atoms with Crippen molar-refractivity contribution in [2.75, 3.05) is 0 Å². The van der Waals surface area contributed by atoms with E-state index in [1.165, 1.54) is 17.4 Å². The summed E-state index contributed by atoms with van der Waals surface area (Å²) in [5, 5.41) is 26.9. The second-order valence-corrected chi connectivity index (χ2v) is 6.65. The first-order valence-corrected chi connectivity index (χ1v) is 8.62. The Morgan fingerprint density at radius 3 is 3.00 bits per heavy atom. The molecule has 1 aliphatic rings. The van der Waals surface area contributed by atoms with Crippen LogP contribution in [0.1, 0.15) is 31.4 Å². The average molecular weight is 333 g/mol. The van der Waals surface area contributed by atoms with Crippen LogP contribution in [0.5, 0.6) is 0 Å². The van der Waals surface area contributed by atoms with Crippen LogP contribution in [0.4, 0.5) is 5.69 Å². The van der Waals surface area contributed by atoms with Gasteiger partial charge in [-0.1, -0.05) is 25.0 Å². The SMILES string of the molecule is O=[N+]([O-])c1cccc(-c2nc(CNC3CCCCC3O)cs2)c1. The molecule has 1 fully saturated rings. The van der Waals surface area contributed by atoms with Crippen LogP contribution in [0.15, 0.2) is 29.6 Å². The number of nitrogens with zero attached hydrogens (tertiary/aromatic N) is 2. The maximum absolute atomic E-state index is 10.9. The maximum atomic E-state index is 10.9. The number of hydrogen-bond acceptors (Lipinski definition) is 6. The summed E-state index contributed by atoms with van der Waals surface area (Å²) in [7, 11) is 0. The van der Waals surface area contributed by atoms with Crippen molar-refractivity contribution in [3.63, 3.8) is 0 Å². The van der Waals surface area contributed by atoms with Crippen molar-refractivity contribution < 1.29 is 10.0 Å². The molecule has 2 N–H and O–H groups in total. The van der Waals surface area contributed by atoms with E-state index in [2.05, 4.69) is 10.3 Å². The fraction of sp³-hybridized carbons (Fsp3) is 0.438. The van der Waals surface area contributed by atoms with Crippen LogP contribution in [0.2, 0.25) is 0 Å². The normalized spacial score (nSPS) is 21.3. The maximum Gasteiger partial charge on any atom is 0.270 e. The molecular weight excluding hydrogens is 314 g/mol. The third-order valence-corrected chi connectivity index (χ3v) is 5.07. The number of benzene rings is 1. The highest BCUT2D eigenvalue weighted by atomic mass is 32.1. The smallest absolute Gasteiger partial charge is 0.270 e. The highest BCUT2D eigenvalue weighted by Crippen LogP contribution is 2.27. The molecule has 2 aromatic rings. The van der Waals surface area contributed by atoms with Crippen molar-refractivity contribution in [1.29, 1.82) is 0 Å². The molecule has 1 heterocycles. The van der Waals surface area contributed by atoms with Crippen LogP contribution in [-0.4, -0.2) is 27.2 Å². The predicted molar refractivity (Wildman–Crippen MR) is 89.3 cm³/mol. The number of aromatic nitrogens is 1. The third kappa shape index (κ3) is 3.93. The molecule has 0 aliphatic heterocycles. The molecule has 0 spiro atoms. The lowest BCUT2D eigenvalue weighted by Gasteiger charge is -2.28. The Kier molecular flexibility index (Phi) is 5.00. The zero-order valence-corrected chi connectivity index (χ0v) is 13.5. The van der Waals surface area contributed by atoms with Crippen molar-refractivity contribution in [2.24, 2.45) is 0 Å². The summed E-state index contributed by atoms with van der Waals surface area (Å²) in [5.74, 6) is 0. The van der Waals surface area contributed by atoms with Crippen molar-refractivity contribution >= 4 is 17.0 Å². The summed E-state index contributed by atoms with van der Waals surface area (Å²) >= 11 is 1.47. The topological polar surface area (TPSA) is 88.3 Å². The van der Waals surface area contributed by atoms with Gasteiger partial charge < -0.3 is 10.4 Å². The van der Waals surface area contributed by atoms with Crippen molar-refractivity contribution in [2.45, 2.75) is 44.4 Å². The molecule has 0 saturated heterocycles. The first kappa shape index (κ1) is 16.0. The molecule has 6 nitrogen and oxygen atoms in total. The van der Waals surface area contributed by atoms with Gasteiger partial charge in [0.15, 0.2) is 0 Å². The molecule has 1 aromatic heterocycles. The summed E-state index contributed by atoms with van der Waals surface area (Å²) in [5.41, 5.74) is 1.73. The number of nitro benzene ring substituents is 1. The van der Waals surface area contributed by atoms with E-state index < -0.39 is 4.92 Å². The molecule has 1 aliphatic carbocycles. The first-order valence-electron chi connectivity index (χ1n) is 7.74. The van der Waals surface area contributed by atoms with E-state index in [4.69, 9.17) is 0 Å². The fourth-order valence-electron chi connectivity index (χ4n) is 2.86. The van der Waals surface area contributed by atoms with Crippen molar-refractivity contribution in [3.8, 4) is 10.6 Å². The molecule has 2 unspecified atom stereocenters. The molecule has 2 atom stereocenters. The molecule has 1 saturated carbocycles. The predicted octanol–water partition coefficient (Wildman–Crippen LogP) is 3.11. The Hall–Kier alpha value is -1.83. The number of hydrogen-bond donors (Lipinski definition) is 2. The average Bonchev–Trinajstić information content (AvgIpc) is 3.03. The van der Waals surface area contributed by atoms with E-state index in [0.717, 1.165) is 41.9 Å². The van der Waals surface area contributed by atoms with Gasteiger partial charge in [-0.3, -0.25) is 10.1 Å². The van der Waals surface area contributed by atoms with Crippen LogP contribution in [0, 0.1) is 10.1 Å². The number of rotatable bonds is 5. The minimum Gasteiger partial charge on any atom is -0.392 e. The van der Waals surface area contributed by atoms with Crippen LogP contribution < -0.4 is 5.32 Å². The number of aliphatic hydroxyl groups is 1. The van der Waals surface area contributed by atoms with Gasteiger partial charge in [0.05, 0.1) is 16.7 Å². The molecule has 23 heavy (non-hydrogen) atoms. The molecular formula is C16H19N3O3S. The molecule has 7 heteroatoms. The highest BCUT2D eigenvalue weighted by Gasteiger charge is 2.22. The molecule has 0 bridgehead atoms. The van der Waals surface area contributed by atoms with Crippen molar-refractivity contribution in [3.05, 3.63) is 45.5 Å². The molecule has 122 valence electrons.